The Morgan fingerprint density at radius 2 is 1.71 bits per heavy atom. The Morgan fingerprint density at radius 1 is 1.06 bits per heavy atom. The van der Waals surface area contributed by atoms with Crippen LogP contribution in [0.3, 0.4) is 0 Å². The fourth-order valence-electron chi connectivity index (χ4n) is 5.85. The van der Waals surface area contributed by atoms with E-state index >= 15 is 0 Å². The summed E-state index contributed by atoms with van der Waals surface area (Å²) in [6.45, 7) is 0.561. The van der Waals surface area contributed by atoms with Crippen LogP contribution in [0.4, 0.5) is 4.79 Å². The highest BCUT2D eigenvalue weighted by atomic mass is 16.5. The molecule has 2 aromatic rings. The summed E-state index contributed by atoms with van der Waals surface area (Å²) >= 11 is 0. The Kier molecular flexibility index (Phi) is 6.23. The number of hydrogen-bond donors (Lipinski definition) is 2. The first-order chi connectivity index (χ1) is 16.9. The summed E-state index contributed by atoms with van der Waals surface area (Å²) in [4.78, 5) is 39.2. The van der Waals surface area contributed by atoms with E-state index in [-0.39, 0.29) is 37.4 Å². The maximum absolute atomic E-state index is 13.2. The van der Waals surface area contributed by atoms with Crippen molar-refractivity contribution in [2.24, 2.45) is 5.92 Å². The summed E-state index contributed by atoms with van der Waals surface area (Å²) in [6, 6.07) is 16.0. The van der Waals surface area contributed by atoms with Crippen molar-refractivity contribution >= 4 is 18.0 Å². The van der Waals surface area contributed by atoms with Gasteiger partial charge >= 0.3 is 12.1 Å². The summed E-state index contributed by atoms with van der Waals surface area (Å²) in [7, 11) is 1.36. The first-order valence-electron chi connectivity index (χ1n) is 12.1. The Bertz CT molecular complexity index is 1100. The molecule has 3 aliphatic rings. The van der Waals surface area contributed by atoms with E-state index < -0.39 is 23.6 Å². The van der Waals surface area contributed by atoms with E-state index in [2.05, 4.69) is 29.6 Å². The number of aliphatic carboxylic acids is 1. The van der Waals surface area contributed by atoms with Gasteiger partial charge in [-0.3, -0.25) is 4.79 Å². The van der Waals surface area contributed by atoms with Gasteiger partial charge in [0, 0.05) is 32.0 Å². The number of likely N-dealkylation sites (tertiary alicyclic amines) is 1. The van der Waals surface area contributed by atoms with Crippen molar-refractivity contribution in [2.75, 3.05) is 26.8 Å². The van der Waals surface area contributed by atoms with Crippen molar-refractivity contribution in [2.45, 2.75) is 43.2 Å². The number of carboxylic acids is 1. The molecular formula is C27H30N2O6. The number of alkyl carbamates (subject to hydrolysis) is 1. The number of methoxy groups -OCH3 is 1. The summed E-state index contributed by atoms with van der Waals surface area (Å²) in [5.41, 5.74) is 3.26. The highest BCUT2D eigenvalue weighted by molar-refractivity contribution is 5.85. The van der Waals surface area contributed by atoms with E-state index in [1.54, 1.807) is 4.90 Å². The first-order valence-corrected chi connectivity index (χ1v) is 12.1. The molecule has 1 unspecified atom stereocenters. The van der Waals surface area contributed by atoms with E-state index in [4.69, 9.17) is 9.47 Å². The zero-order valence-electron chi connectivity index (χ0n) is 19.7. The third-order valence-electron chi connectivity index (χ3n) is 7.80. The molecule has 1 saturated heterocycles. The molecule has 0 radical (unpaired) electrons. The average molecular weight is 479 g/mol. The SMILES string of the molecule is COC1(C(=O)O)CCN(C(=O)[C@@H]2CCC[C@@H]2NC(=O)OCC2c3ccccc3-c3ccccc32)C1. The third-order valence-corrected chi connectivity index (χ3v) is 7.80. The molecule has 35 heavy (non-hydrogen) atoms. The number of nitrogens with zero attached hydrogens (tertiary/aromatic N) is 1. The summed E-state index contributed by atoms with van der Waals surface area (Å²) in [6.07, 6.45) is 1.86. The molecule has 0 spiro atoms. The molecule has 1 heterocycles. The second-order valence-corrected chi connectivity index (χ2v) is 9.63. The molecule has 1 saturated carbocycles. The second kappa shape index (κ2) is 9.34. The Balaban J connectivity index is 1.21. The standard InChI is InChI=1S/C27H30N2O6/c1-34-27(25(31)32)13-14-29(16-27)24(30)21-11-6-12-23(21)28-26(33)35-15-22-19-9-4-2-7-17(19)18-8-3-5-10-20(18)22/h2-5,7-10,21-23H,6,11-16H2,1H3,(H,28,33)(H,31,32)/t21-,23+,27?/m1/s1. The molecule has 184 valence electrons. The van der Waals surface area contributed by atoms with E-state index in [0.717, 1.165) is 28.7 Å². The van der Waals surface area contributed by atoms with Gasteiger partial charge in [0.05, 0.1) is 12.5 Å². The lowest BCUT2D eigenvalue weighted by molar-refractivity contribution is -0.161. The number of carboxylic acid groups (broad SMARTS) is 1. The number of nitrogens with one attached hydrogen (secondary N) is 1. The van der Waals surface area contributed by atoms with Crippen molar-refractivity contribution in [1.29, 1.82) is 0 Å². The zero-order valence-corrected chi connectivity index (χ0v) is 19.7. The Hall–Kier alpha value is -3.39. The van der Waals surface area contributed by atoms with Crippen LogP contribution in [0.5, 0.6) is 0 Å². The van der Waals surface area contributed by atoms with Crippen molar-refractivity contribution in [3.63, 3.8) is 0 Å². The minimum atomic E-state index is -1.36. The maximum atomic E-state index is 13.2. The molecule has 8 nitrogen and oxygen atoms in total. The van der Waals surface area contributed by atoms with Crippen LogP contribution in [0.1, 0.15) is 42.7 Å². The fraction of sp³-hybridized carbons (Fsp3) is 0.444. The van der Waals surface area contributed by atoms with Crippen LogP contribution in [0.15, 0.2) is 48.5 Å². The van der Waals surface area contributed by atoms with E-state index in [1.807, 2.05) is 24.3 Å². The molecule has 0 bridgehead atoms. The van der Waals surface area contributed by atoms with Gasteiger partial charge in [-0.15, -0.1) is 0 Å². The number of ether oxygens (including phenoxy) is 2. The smallest absolute Gasteiger partial charge is 0.407 e. The fourth-order valence-corrected chi connectivity index (χ4v) is 5.85. The monoisotopic (exact) mass is 478 g/mol. The molecule has 3 atom stereocenters. The lowest BCUT2D eigenvalue weighted by Crippen LogP contribution is -2.48. The molecule has 2 aromatic carbocycles. The zero-order chi connectivity index (χ0) is 24.6. The second-order valence-electron chi connectivity index (χ2n) is 9.63. The van der Waals surface area contributed by atoms with Gasteiger partial charge in [-0.25, -0.2) is 9.59 Å². The predicted octanol–water partition coefficient (Wildman–Crippen LogP) is 3.40. The van der Waals surface area contributed by atoms with Crippen molar-refractivity contribution in [3.8, 4) is 11.1 Å². The molecule has 5 rings (SSSR count). The molecule has 2 N–H and O–H groups in total. The molecule has 2 fully saturated rings. The van der Waals surface area contributed by atoms with Gasteiger partial charge < -0.3 is 24.8 Å². The van der Waals surface area contributed by atoms with E-state index in [0.29, 0.717) is 19.4 Å². The lowest BCUT2D eigenvalue weighted by Gasteiger charge is -2.27. The lowest BCUT2D eigenvalue weighted by atomic mass is 9.98. The van der Waals surface area contributed by atoms with Crippen molar-refractivity contribution in [3.05, 3.63) is 59.7 Å². The third kappa shape index (κ3) is 4.16. The maximum Gasteiger partial charge on any atom is 0.407 e. The van der Waals surface area contributed by atoms with Crippen molar-refractivity contribution < 1.29 is 29.0 Å². The van der Waals surface area contributed by atoms with Crippen LogP contribution in [-0.2, 0) is 19.1 Å². The van der Waals surface area contributed by atoms with Crippen LogP contribution in [-0.4, -0.2) is 66.4 Å². The summed E-state index contributed by atoms with van der Waals surface area (Å²) in [5.74, 6) is -1.62. The van der Waals surface area contributed by atoms with Gasteiger partial charge in [-0.05, 0) is 35.1 Å². The number of carbonyl (C=O) groups is 3. The first kappa shape index (κ1) is 23.4. The summed E-state index contributed by atoms with van der Waals surface area (Å²) in [5, 5.41) is 12.4. The molecule has 0 aromatic heterocycles. The average Bonchev–Trinajstić information content (AvgIpc) is 3.59. The van der Waals surface area contributed by atoms with Crippen molar-refractivity contribution in [1.82, 2.24) is 10.2 Å². The molecule has 1 aliphatic heterocycles. The van der Waals surface area contributed by atoms with E-state index in [9.17, 15) is 19.5 Å². The highest BCUT2D eigenvalue weighted by Gasteiger charge is 2.49. The molecular weight excluding hydrogens is 448 g/mol. The Labute approximate surface area is 204 Å². The molecule has 8 heteroatoms. The van der Waals surface area contributed by atoms with Gasteiger partial charge in [-0.1, -0.05) is 55.0 Å². The van der Waals surface area contributed by atoms with Crippen LogP contribution in [0.25, 0.3) is 11.1 Å². The topological polar surface area (TPSA) is 105 Å². The summed E-state index contributed by atoms with van der Waals surface area (Å²) < 4.78 is 10.9. The van der Waals surface area contributed by atoms with Gasteiger partial charge in [0.15, 0.2) is 5.60 Å². The van der Waals surface area contributed by atoms with Crippen LogP contribution < -0.4 is 5.32 Å². The van der Waals surface area contributed by atoms with Gasteiger partial charge in [0.2, 0.25) is 5.91 Å². The van der Waals surface area contributed by atoms with Crippen LogP contribution in [0.2, 0.25) is 0 Å². The number of benzene rings is 2. The highest BCUT2D eigenvalue weighted by Crippen LogP contribution is 2.44. The molecule has 2 aliphatic carbocycles. The van der Waals surface area contributed by atoms with Crippen LogP contribution >= 0.6 is 0 Å². The number of carbonyl (C=O) groups excluding carboxylic acids is 2. The number of hydrogen-bond acceptors (Lipinski definition) is 5. The minimum Gasteiger partial charge on any atom is -0.479 e. The van der Waals surface area contributed by atoms with Gasteiger partial charge in [-0.2, -0.15) is 0 Å². The Morgan fingerprint density at radius 3 is 2.31 bits per heavy atom. The predicted molar refractivity (Wildman–Crippen MR) is 128 cm³/mol. The number of rotatable bonds is 6. The van der Waals surface area contributed by atoms with Crippen LogP contribution in [0, 0.1) is 5.92 Å². The quantitative estimate of drug-likeness (QED) is 0.659. The van der Waals surface area contributed by atoms with Gasteiger partial charge in [0.25, 0.3) is 0 Å². The molecule has 2 amide bonds. The minimum absolute atomic E-state index is 0.0197. The normalized spacial score (nSPS) is 25.2. The number of amides is 2. The van der Waals surface area contributed by atoms with E-state index in [1.165, 1.54) is 7.11 Å². The number of fused-ring (bicyclic) bond motifs is 3. The largest absolute Gasteiger partial charge is 0.479 e. The van der Waals surface area contributed by atoms with Gasteiger partial charge in [0.1, 0.15) is 6.61 Å².